The highest BCUT2D eigenvalue weighted by Gasteiger charge is 2.18. The highest BCUT2D eigenvalue weighted by atomic mass is 79.9. The van der Waals surface area contributed by atoms with Gasteiger partial charge in [0, 0.05) is 15.1 Å². The van der Waals surface area contributed by atoms with Crippen LogP contribution in [0.5, 0.6) is 0 Å². The summed E-state index contributed by atoms with van der Waals surface area (Å²) in [7, 11) is -3.89. The predicted molar refractivity (Wildman–Crippen MR) is 118 cm³/mol. The molecule has 0 radical (unpaired) electrons. The van der Waals surface area contributed by atoms with Crippen LogP contribution in [0.2, 0.25) is 5.02 Å². The first kappa shape index (κ1) is 21.0. The number of hydrogen-bond donors (Lipinski definition) is 2. The number of halogens is 2. The van der Waals surface area contributed by atoms with Crippen molar-refractivity contribution in [1.82, 2.24) is 5.43 Å². The maximum atomic E-state index is 12.6. The highest BCUT2D eigenvalue weighted by molar-refractivity contribution is 9.10. The molecule has 3 aromatic carbocycles. The van der Waals surface area contributed by atoms with Gasteiger partial charge in [0.2, 0.25) is 0 Å². The fourth-order valence-electron chi connectivity index (χ4n) is 2.39. The zero-order valence-corrected chi connectivity index (χ0v) is 18.0. The predicted octanol–water partition coefficient (Wildman–Crippen LogP) is 4.67. The van der Waals surface area contributed by atoms with E-state index >= 15 is 0 Å². The summed E-state index contributed by atoms with van der Waals surface area (Å²) in [6.45, 7) is 0. The molecule has 3 aromatic rings. The lowest BCUT2D eigenvalue weighted by Gasteiger charge is -2.11. The molecule has 29 heavy (non-hydrogen) atoms. The largest absolute Gasteiger partial charge is 0.279 e. The first-order valence-electron chi connectivity index (χ1n) is 8.32. The molecule has 3 rings (SSSR count). The van der Waals surface area contributed by atoms with Crippen LogP contribution >= 0.6 is 27.5 Å². The third-order valence-corrected chi connectivity index (χ3v) is 6.17. The standard InChI is InChI=1S/C20H15BrClN3O3S/c21-18-7-3-1-5-14(18)13-23-24-20(26)17-6-2-4-8-19(17)25-29(27,28)16-11-9-15(22)10-12-16/h1-13,25H,(H,24,26)/b23-13-. The van der Waals surface area contributed by atoms with E-state index in [1.807, 2.05) is 24.3 Å². The summed E-state index contributed by atoms with van der Waals surface area (Å²) >= 11 is 9.20. The average molecular weight is 493 g/mol. The minimum absolute atomic E-state index is 0.0315. The van der Waals surface area contributed by atoms with Crippen LogP contribution in [-0.2, 0) is 10.0 Å². The first-order chi connectivity index (χ1) is 13.9. The molecule has 0 heterocycles. The van der Waals surface area contributed by atoms with E-state index in [0.717, 1.165) is 10.0 Å². The minimum Gasteiger partial charge on any atom is -0.279 e. The van der Waals surface area contributed by atoms with Crippen LogP contribution in [0.15, 0.2) is 87.3 Å². The smallest absolute Gasteiger partial charge is 0.273 e. The van der Waals surface area contributed by atoms with Gasteiger partial charge in [-0.25, -0.2) is 13.8 Å². The second kappa shape index (κ2) is 9.21. The van der Waals surface area contributed by atoms with Crippen LogP contribution in [0.25, 0.3) is 0 Å². The lowest BCUT2D eigenvalue weighted by Crippen LogP contribution is -2.21. The van der Waals surface area contributed by atoms with Gasteiger partial charge in [0.15, 0.2) is 0 Å². The average Bonchev–Trinajstić information content (AvgIpc) is 2.70. The highest BCUT2D eigenvalue weighted by Crippen LogP contribution is 2.21. The fourth-order valence-corrected chi connectivity index (χ4v) is 3.98. The van der Waals surface area contributed by atoms with Crippen molar-refractivity contribution in [3.63, 3.8) is 0 Å². The van der Waals surface area contributed by atoms with Gasteiger partial charge >= 0.3 is 0 Å². The van der Waals surface area contributed by atoms with Crippen molar-refractivity contribution in [3.8, 4) is 0 Å². The molecule has 0 atom stereocenters. The number of hydrazone groups is 1. The number of sulfonamides is 1. The molecule has 0 spiro atoms. The van der Waals surface area contributed by atoms with E-state index in [2.05, 4.69) is 31.2 Å². The number of carbonyl (C=O) groups is 1. The van der Waals surface area contributed by atoms with Crippen LogP contribution in [0, 0.1) is 0 Å². The second-order valence-corrected chi connectivity index (χ2v) is 8.80. The molecular formula is C20H15BrClN3O3S. The molecule has 0 aliphatic rings. The van der Waals surface area contributed by atoms with Crippen molar-refractivity contribution in [2.24, 2.45) is 5.10 Å². The van der Waals surface area contributed by atoms with Crippen molar-refractivity contribution in [2.75, 3.05) is 4.72 Å². The van der Waals surface area contributed by atoms with Gasteiger partial charge in [-0.2, -0.15) is 5.10 Å². The Morgan fingerprint density at radius 2 is 1.62 bits per heavy atom. The van der Waals surface area contributed by atoms with Crippen LogP contribution in [0.3, 0.4) is 0 Å². The number of anilines is 1. The molecule has 0 fully saturated rings. The van der Waals surface area contributed by atoms with E-state index < -0.39 is 15.9 Å². The van der Waals surface area contributed by atoms with Gasteiger partial charge in [-0.3, -0.25) is 9.52 Å². The van der Waals surface area contributed by atoms with Gasteiger partial charge in [0.1, 0.15) is 0 Å². The summed E-state index contributed by atoms with van der Waals surface area (Å²) in [5.41, 5.74) is 3.46. The zero-order chi connectivity index (χ0) is 20.9. The molecule has 1 amide bonds. The molecule has 0 aromatic heterocycles. The molecule has 0 aliphatic carbocycles. The van der Waals surface area contributed by atoms with Crippen LogP contribution < -0.4 is 10.1 Å². The van der Waals surface area contributed by atoms with Gasteiger partial charge in [-0.05, 0) is 42.5 Å². The Hall–Kier alpha value is -2.68. The van der Waals surface area contributed by atoms with Crippen molar-refractivity contribution < 1.29 is 13.2 Å². The molecule has 0 saturated heterocycles. The molecule has 9 heteroatoms. The van der Waals surface area contributed by atoms with Crippen molar-refractivity contribution in [3.05, 3.63) is 93.4 Å². The summed E-state index contributed by atoms with van der Waals surface area (Å²) in [5, 5.41) is 4.36. The van der Waals surface area contributed by atoms with Crippen molar-refractivity contribution in [1.29, 1.82) is 0 Å². The normalized spacial score (nSPS) is 11.4. The fraction of sp³-hybridized carbons (Fsp3) is 0. The van der Waals surface area contributed by atoms with E-state index in [9.17, 15) is 13.2 Å². The topological polar surface area (TPSA) is 87.6 Å². The molecule has 148 valence electrons. The van der Waals surface area contributed by atoms with Gasteiger partial charge in [0.25, 0.3) is 15.9 Å². The van der Waals surface area contributed by atoms with Gasteiger partial charge in [-0.15, -0.1) is 0 Å². The molecular weight excluding hydrogens is 478 g/mol. The Bertz CT molecular complexity index is 1170. The summed E-state index contributed by atoms with van der Waals surface area (Å²) in [5.74, 6) is -0.553. The summed E-state index contributed by atoms with van der Waals surface area (Å²) < 4.78 is 28.5. The number of amides is 1. The molecule has 0 unspecified atom stereocenters. The Morgan fingerprint density at radius 3 is 2.34 bits per heavy atom. The van der Waals surface area contributed by atoms with Crippen LogP contribution in [0.1, 0.15) is 15.9 Å². The number of nitrogens with one attached hydrogen (secondary N) is 2. The maximum Gasteiger partial charge on any atom is 0.273 e. The summed E-state index contributed by atoms with van der Waals surface area (Å²) in [4.78, 5) is 12.6. The lowest BCUT2D eigenvalue weighted by molar-refractivity contribution is 0.0956. The van der Waals surface area contributed by atoms with Gasteiger partial charge in [-0.1, -0.05) is 57.9 Å². The van der Waals surface area contributed by atoms with Crippen LogP contribution in [0.4, 0.5) is 5.69 Å². The Balaban J connectivity index is 1.78. The number of nitrogens with zero attached hydrogens (tertiary/aromatic N) is 1. The quantitative estimate of drug-likeness (QED) is 0.387. The first-order valence-corrected chi connectivity index (χ1v) is 11.0. The lowest BCUT2D eigenvalue weighted by atomic mass is 10.2. The molecule has 0 bridgehead atoms. The zero-order valence-electron chi connectivity index (χ0n) is 14.8. The number of rotatable bonds is 6. The van der Waals surface area contributed by atoms with Crippen molar-refractivity contribution >= 4 is 55.4 Å². The Morgan fingerprint density at radius 1 is 0.966 bits per heavy atom. The van der Waals surface area contributed by atoms with Crippen molar-refractivity contribution in [2.45, 2.75) is 4.90 Å². The monoisotopic (exact) mass is 491 g/mol. The Labute approximate surface area is 181 Å². The van der Waals surface area contributed by atoms with Crippen LogP contribution in [-0.4, -0.2) is 20.5 Å². The van der Waals surface area contributed by atoms with E-state index in [4.69, 9.17) is 11.6 Å². The SMILES string of the molecule is O=C(N/N=C\c1ccccc1Br)c1ccccc1NS(=O)(=O)c1ccc(Cl)cc1. The molecule has 0 saturated carbocycles. The summed E-state index contributed by atoms with van der Waals surface area (Å²) in [6, 6.07) is 19.4. The van der Waals surface area contributed by atoms with E-state index in [1.165, 1.54) is 42.6 Å². The summed E-state index contributed by atoms with van der Waals surface area (Å²) in [6.07, 6.45) is 1.49. The second-order valence-electron chi connectivity index (χ2n) is 5.83. The van der Waals surface area contributed by atoms with Gasteiger partial charge in [0.05, 0.1) is 22.4 Å². The Kier molecular flexibility index (Phi) is 6.68. The van der Waals surface area contributed by atoms with E-state index in [-0.39, 0.29) is 16.1 Å². The van der Waals surface area contributed by atoms with E-state index in [0.29, 0.717) is 5.02 Å². The minimum atomic E-state index is -3.89. The number of benzene rings is 3. The molecule has 0 aliphatic heterocycles. The number of carbonyl (C=O) groups excluding carboxylic acids is 1. The third-order valence-electron chi connectivity index (χ3n) is 3.81. The molecule has 6 nitrogen and oxygen atoms in total. The number of para-hydroxylation sites is 1. The maximum absolute atomic E-state index is 12.6. The van der Waals surface area contributed by atoms with E-state index in [1.54, 1.807) is 12.1 Å². The molecule has 2 N–H and O–H groups in total. The number of hydrogen-bond acceptors (Lipinski definition) is 4. The van der Waals surface area contributed by atoms with Gasteiger partial charge < -0.3 is 0 Å². The third kappa shape index (κ3) is 5.44.